The predicted octanol–water partition coefficient (Wildman–Crippen LogP) is 0.883. The second-order valence-corrected chi connectivity index (χ2v) is 10.7. The van der Waals surface area contributed by atoms with Crippen molar-refractivity contribution in [3.8, 4) is 0 Å². The average Bonchev–Trinajstić information content (AvgIpc) is 3.19. The smallest absolute Gasteiger partial charge is 0.252 e. The third kappa shape index (κ3) is 4.00. The van der Waals surface area contributed by atoms with Crippen molar-refractivity contribution in [2.24, 2.45) is 0 Å². The van der Waals surface area contributed by atoms with Crippen LogP contribution < -0.4 is 0 Å². The van der Waals surface area contributed by atoms with Gasteiger partial charge in [0.15, 0.2) is 0 Å². The lowest BCUT2D eigenvalue weighted by molar-refractivity contribution is -0.139. The summed E-state index contributed by atoms with van der Waals surface area (Å²) >= 11 is 4.42. The molecule has 0 N–H and O–H groups in total. The van der Waals surface area contributed by atoms with Gasteiger partial charge in [-0.15, -0.1) is 11.3 Å². The quantitative estimate of drug-likeness (QED) is 0.604. The van der Waals surface area contributed by atoms with E-state index in [1.165, 1.54) is 4.31 Å². The first-order chi connectivity index (χ1) is 12.3. The van der Waals surface area contributed by atoms with Gasteiger partial charge in [0.1, 0.15) is 4.21 Å². The highest BCUT2D eigenvalue weighted by Gasteiger charge is 2.32. The van der Waals surface area contributed by atoms with Crippen LogP contribution in [-0.2, 0) is 24.4 Å². The molecule has 2 aliphatic heterocycles. The molecule has 11 heteroatoms. The molecule has 0 aromatic carbocycles. The van der Waals surface area contributed by atoms with E-state index in [9.17, 15) is 22.8 Å². The van der Waals surface area contributed by atoms with Crippen LogP contribution in [-0.4, -0.2) is 73.0 Å². The molecule has 2 saturated heterocycles. The molecule has 1 aromatic heterocycles. The Morgan fingerprint density at radius 3 is 2.23 bits per heavy atom. The number of carbonyl (C=O) groups excluding carboxylic acids is 3. The summed E-state index contributed by atoms with van der Waals surface area (Å²) < 4.78 is 27.6. The number of amides is 3. The van der Waals surface area contributed by atoms with Crippen molar-refractivity contribution < 1.29 is 22.8 Å². The Morgan fingerprint density at radius 2 is 1.69 bits per heavy atom. The minimum atomic E-state index is -3.54. The molecule has 1 aromatic rings. The van der Waals surface area contributed by atoms with Crippen molar-refractivity contribution in [1.82, 2.24) is 14.1 Å². The summed E-state index contributed by atoms with van der Waals surface area (Å²) in [6, 6.07) is 3.25. The first kappa shape index (κ1) is 19.5. The summed E-state index contributed by atoms with van der Waals surface area (Å²) in [5.41, 5.74) is 0. The molecular weight excluding hydrogens is 446 g/mol. The van der Waals surface area contributed by atoms with Gasteiger partial charge in [-0.25, -0.2) is 8.42 Å². The van der Waals surface area contributed by atoms with E-state index in [0.29, 0.717) is 13.1 Å². The zero-order chi connectivity index (χ0) is 18.9. The Balaban J connectivity index is 1.52. The topological polar surface area (TPSA) is 95.1 Å². The van der Waals surface area contributed by atoms with Gasteiger partial charge in [-0.3, -0.25) is 19.3 Å². The largest absolute Gasteiger partial charge is 0.340 e. The maximum atomic E-state index is 12.6. The summed E-state index contributed by atoms with van der Waals surface area (Å²) in [5.74, 6) is -0.643. The Hall–Kier alpha value is -1.30. The van der Waals surface area contributed by atoms with Crippen molar-refractivity contribution in [1.29, 1.82) is 0 Å². The fourth-order valence-electron chi connectivity index (χ4n) is 2.98. The van der Waals surface area contributed by atoms with E-state index in [0.717, 1.165) is 20.0 Å². The number of hydrogen-bond donors (Lipinski definition) is 0. The average molecular weight is 464 g/mol. The van der Waals surface area contributed by atoms with Crippen molar-refractivity contribution in [3.05, 3.63) is 15.9 Å². The minimum Gasteiger partial charge on any atom is -0.340 e. The van der Waals surface area contributed by atoms with Crippen LogP contribution in [0.5, 0.6) is 0 Å². The van der Waals surface area contributed by atoms with Crippen LogP contribution >= 0.6 is 27.3 Å². The number of halogens is 1. The monoisotopic (exact) mass is 463 g/mol. The van der Waals surface area contributed by atoms with Crippen molar-refractivity contribution >= 4 is 55.0 Å². The molecule has 2 aliphatic rings. The molecule has 8 nitrogen and oxygen atoms in total. The molecule has 3 amide bonds. The van der Waals surface area contributed by atoms with E-state index < -0.39 is 10.0 Å². The van der Waals surface area contributed by atoms with Gasteiger partial charge in [-0.2, -0.15) is 4.31 Å². The molecule has 3 heterocycles. The zero-order valence-electron chi connectivity index (χ0n) is 13.9. The molecule has 26 heavy (non-hydrogen) atoms. The van der Waals surface area contributed by atoms with Crippen molar-refractivity contribution in [2.45, 2.75) is 23.5 Å². The molecular formula is C15H18BrN3O5S2. The van der Waals surface area contributed by atoms with Gasteiger partial charge < -0.3 is 4.90 Å². The molecule has 0 spiro atoms. The van der Waals surface area contributed by atoms with Crippen LogP contribution in [0.25, 0.3) is 0 Å². The molecule has 0 radical (unpaired) electrons. The third-order valence-corrected chi connectivity index (χ3v) is 8.43. The fraction of sp³-hybridized carbons (Fsp3) is 0.533. The maximum Gasteiger partial charge on any atom is 0.252 e. The zero-order valence-corrected chi connectivity index (χ0v) is 17.1. The number of sulfonamides is 1. The van der Waals surface area contributed by atoms with Gasteiger partial charge in [0.2, 0.25) is 17.7 Å². The highest BCUT2D eigenvalue weighted by molar-refractivity contribution is 9.11. The van der Waals surface area contributed by atoms with Crippen LogP contribution in [0.2, 0.25) is 0 Å². The first-order valence-corrected chi connectivity index (χ1v) is 11.2. The van der Waals surface area contributed by atoms with Crippen molar-refractivity contribution in [2.75, 3.05) is 32.7 Å². The second-order valence-electron chi connectivity index (χ2n) is 6.03. The number of rotatable bonds is 5. The summed E-state index contributed by atoms with van der Waals surface area (Å²) in [7, 11) is -3.54. The van der Waals surface area contributed by atoms with E-state index in [1.807, 2.05) is 0 Å². The summed E-state index contributed by atoms with van der Waals surface area (Å²) in [5, 5.41) is 0. The normalized spacial score (nSPS) is 19.4. The van der Waals surface area contributed by atoms with Gasteiger partial charge in [0.05, 0.1) is 3.79 Å². The fourth-order valence-corrected chi connectivity index (χ4v) is 6.57. The Morgan fingerprint density at radius 1 is 1.08 bits per heavy atom. The first-order valence-electron chi connectivity index (χ1n) is 8.15. The van der Waals surface area contributed by atoms with E-state index in [-0.39, 0.29) is 60.8 Å². The number of imide groups is 1. The standard InChI is InChI=1S/C15H18BrN3O5S2/c16-11-1-4-15(25-11)26(23,24)18-9-7-17(8-10-18)12(20)5-6-19-13(21)2-3-14(19)22/h1,4H,2-3,5-10H2. The lowest BCUT2D eigenvalue weighted by Crippen LogP contribution is -2.50. The molecule has 0 bridgehead atoms. The lowest BCUT2D eigenvalue weighted by Gasteiger charge is -2.34. The summed E-state index contributed by atoms with van der Waals surface area (Å²) in [4.78, 5) is 38.2. The van der Waals surface area contributed by atoms with E-state index >= 15 is 0 Å². The van der Waals surface area contributed by atoms with Gasteiger partial charge in [0.25, 0.3) is 10.0 Å². The Labute approximate surface area is 163 Å². The number of nitrogens with zero attached hydrogens (tertiary/aromatic N) is 3. The molecule has 2 fully saturated rings. The van der Waals surface area contributed by atoms with Crippen LogP contribution in [0.3, 0.4) is 0 Å². The SMILES string of the molecule is O=C(CCN1C(=O)CCC1=O)N1CCN(S(=O)(=O)c2ccc(Br)s2)CC1. The summed E-state index contributed by atoms with van der Waals surface area (Å²) in [6.45, 7) is 1.15. The lowest BCUT2D eigenvalue weighted by atomic mass is 10.3. The van der Waals surface area contributed by atoms with Crippen LogP contribution in [0, 0.1) is 0 Å². The molecule has 0 unspecified atom stereocenters. The Bertz CT molecular complexity index is 814. The maximum absolute atomic E-state index is 12.6. The van der Waals surface area contributed by atoms with E-state index in [4.69, 9.17) is 0 Å². The highest BCUT2D eigenvalue weighted by atomic mass is 79.9. The number of carbonyl (C=O) groups is 3. The van der Waals surface area contributed by atoms with Crippen LogP contribution in [0.15, 0.2) is 20.1 Å². The third-order valence-electron chi connectivity index (χ3n) is 4.44. The Kier molecular flexibility index (Phi) is 5.80. The molecule has 3 rings (SSSR count). The van der Waals surface area contributed by atoms with Crippen LogP contribution in [0.4, 0.5) is 0 Å². The number of hydrogen-bond acceptors (Lipinski definition) is 6. The van der Waals surface area contributed by atoms with Crippen molar-refractivity contribution in [3.63, 3.8) is 0 Å². The van der Waals surface area contributed by atoms with Gasteiger partial charge in [0, 0.05) is 52.0 Å². The molecule has 142 valence electrons. The van der Waals surface area contributed by atoms with Gasteiger partial charge in [-0.1, -0.05) is 0 Å². The van der Waals surface area contributed by atoms with E-state index in [1.54, 1.807) is 17.0 Å². The molecule has 0 aliphatic carbocycles. The number of likely N-dealkylation sites (tertiary alicyclic amines) is 1. The minimum absolute atomic E-state index is 0.0715. The summed E-state index contributed by atoms with van der Waals surface area (Å²) in [6.07, 6.45) is 0.493. The second kappa shape index (κ2) is 7.75. The van der Waals surface area contributed by atoms with Gasteiger partial charge in [-0.05, 0) is 28.1 Å². The molecule has 0 saturated carbocycles. The van der Waals surface area contributed by atoms with Crippen LogP contribution in [0.1, 0.15) is 19.3 Å². The molecule has 0 atom stereocenters. The highest BCUT2D eigenvalue weighted by Crippen LogP contribution is 2.29. The van der Waals surface area contributed by atoms with Gasteiger partial charge >= 0.3 is 0 Å². The van der Waals surface area contributed by atoms with E-state index in [2.05, 4.69) is 15.9 Å². The predicted molar refractivity (Wildman–Crippen MR) is 97.9 cm³/mol. The number of thiophene rings is 1. The number of piperazine rings is 1.